The van der Waals surface area contributed by atoms with E-state index < -0.39 is 0 Å². The number of hydrogen-bond acceptors (Lipinski definition) is 2. The molecule has 1 N–H and O–H groups in total. The van der Waals surface area contributed by atoms with Gasteiger partial charge in [-0.15, -0.1) is 0 Å². The van der Waals surface area contributed by atoms with Gasteiger partial charge in [-0.25, -0.2) is 0 Å². The van der Waals surface area contributed by atoms with Gasteiger partial charge in [-0.05, 0) is 73.7 Å². The highest BCUT2D eigenvalue weighted by atomic mass is 16.5. The van der Waals surface area contributed by atoms with E-state index in [1.807, 2.05) is 0 Å². The van der Waals surface area contributed by atoms with Crippen molar-refractivity contribution in [3.8, 4) is 0 Å². The van der Waals surface area contributed by atoms with Crippen LogP contribution < -0.4 is 0 Å². The Hall–Kier alpha value is -0.760. The van der Waals surface area contributed by atoms with Crippen molar-refractivity contribution in [2.75, 3.05) is 7.11 Å². The Bertz CT molecular complexity index is 532. The molecule has 0 aromatic rings. The summed E-state index contributed by atoms with van der Waals surface area (Å²) in [5.74, 6) is 4.23. The molecule has 122 valence electrons. The molecule has 2 heteroatoms. The molecule has 2 nitrogen and oxygen atoms in total. The highest BCUT2D eigenvalue weighted by Crippen LogP contribution is 2.62. The average Bonchev–Trinajstić information content (AvgIpc) is 2.82. The minimum absolute atomic E-state index is 0.0626. The fourth-order valence-corrected chi connectivity index (χ4v) is 6.43. The summed E-state index contributed by atoms with van der Waals surface area (Å²) >= 11 is 0. The van der Waals surface area contributed by atoms with Crippen molar-refractivity contribution in [1.29, 1.82) is 0 Å². The van der Waals surface area contributed by atoms with Crippen LogP contribution in [0.1, 0.15) is 58.8 Å². The number of rotatable bonds is 1. The maximum absolute atomic E-state index is 10.5. The number of allylic oxidation sites excluding steroid dienone is 3. The van der Waals surface area contributed by atoms with Gasteiger partial charge in [-0.2, -0.15) is 0 Å². The van der Waals surface area contributed by atoms with Gasteiger partial charge in [0.2, 0.25) is 0 Å². The standard InChI is InChI=1S/C20H30O2/c1-12-10-13-11-14(22-3)4-5-15(13)16-8-9-20(2)17(19(12)16)6-7-18(20)21/h4,12,16-19,21H,5-11H2,1-3H3/t12-,16-,17-,18+,19-,20+/m1/s1. The van der Waals surface area contributed by atoms with E-state index in [9.17, 15) is 5.11 Å². The third kappa shape index (κ3) is 1.95. The van der Waals surface area contributed by atoms with E-state index in [0.717, 1.165) is 42.9 Å². The van der Waals surface area contributed by atoms with Crippen molar-refractivity contribution in [1.82, 2.24) is 0 Å². The lowest BCUT2D eigenvalue weighted by atomic mass is 9.52. The number of methoxy groups -OCH3 is 1. The molecule has 0 heterocycles. The van der Waals surface area contributed by atoms with Gasteiger partial charge in [0.15, 0.2) is 0 Å². The van der Waals surface area contributed by atoms with Crippen LogP contribution in [-0.2, 0) is 4.74 Å². The summed E-state index contributed by atoms with van der Waals surface area (Å²) in [6.07, 6.45) is 10.4. The van der Waals surface area contributed by atoms with E-state index in [4.69, 9.17) is 4.74 Å². The van der Waals surface area contributed by atoms with E-state index in [2.05, 4.69) is 19.9 Å². The second kappa shape index (κ2) is 5.12. The molecule has 0 unspecified atom stereocenters. The Labute approximate surface area is 134 Å². The zero-order valence-corrected chi connectivity index (χ0v) is 14.3. The zero-order chi connectivity index (χ0) is 15.5. The SMILES string of the molecule is COC1=CCC2=C(C1)C[C@@H](C)[C@@H]1[C@@H]2CC[C@@]2(C)[C@@H]1CC[C@@H]2O. The summed E-state index contributed by atoms with van der Waals surface area (Å²) in [6.45, 7) is 4.83. The minimum atomic E-state index is -0.0626. The van der Waals surface area contributed by atoms with Crippen molar-refractivity contribution < 1.29 is 9.84 Å². The van der Waals surface area contributed by atoms with E-state index >= 15 is 0 Å². The third-order valence-corrected chi connectivity index (χ3v) is 7.61. The van der Waals surface area contributed by atoms with Gasteiger partial charge in [0.25, 0.3) is 0 Å². The Balaban J connectivity index is 1.66. The highest BCUT2D eigenvalue weighted by Gasteiger charge is 2.56. The molecule has 22 heavy (non-hydrogen) atoms. The molecule has 0 aromatic carbocycles. The molecular formula is C20H30O2. The van der Waals surface area contributed by atoms with Crippen LogP contribution in [0.4, 0.5) is 0 Å². The van der Waals surface area contributed by atoms with Crippen LogP contribution in [0.3, 0.4) is 0 Å². The number of fused-ring (bicyclic) bond motifs is 4. The van der Waals surface area contributed by atoms with Crippen LogP contribution in [0.2, 0.25) is 0 Å². The fourth-order valence-electron chi connectivity index (χ4n) is 6.43. The number of ether oxygens (including phenoxy) is 1. The lowest BCUT2D eigenvalue weighted by Gasteiger charge is -2.53. The quantitative estimate of drug-likeness (QED) is 0.725. The first kappa shape index (κ1) is 14.8. The molecule has 0 spiro atoms. The van der Waals surface area contributed by atoms with Gasteiger partial charge in [0, 0.05) is 6.42 Å². The summed E-state index contributed by atoms with van der Waals surface area (Å²) in [5, 5.41) is 10.5. The number of aliphatic hydroxyl groups excluding tert-OH is 1. The Morgan fingerprint density at radius 1 is 1.27 bits per heavy atom. The lowest BCUT2D eigenvalue weighted by molar-refractivity contribution is -0.0454. The van der Waals surface area contributed by atoms with Crippen molar-refractivity contribution >= 4 is 0 Å². The highest BCUT2D eigenvalue weighted by molar-refractivity contribution is 5.33. The Morgan fingerprint density at radius 3 is 2.86 bits per heavy atom. The second-order valence-electron chi connectivity index (χ2n) is 8.49. The van der Waals surface area contributed by atoms with Crippen LogP contribution >= 0.6 is 0 Å². The van der Waals surface area contributed by atoms with Crippen LogP contribution in [0.15, 0.2) is 23.0 Å². The topological polar surface area (TPSA) is 29.5 Å². The summed E-state index contributed by atoms with van der Waals surface area (Å²) < 4.78 is 5.50. The molecule has 0 aromatic heterocycles. The lowest BCUT2D eigenvalue weighted by Crippen LogP contribution is -2.47. The van der Waals surface area contributed by atoms with Gasteiger partial charge >= 0.3 is 0 Å². The number of hydrogen-bond donors (Lipinski definition) is 1. The molecule has 0 saturated heterocycles. The van der Waals surface area contributed by atoms with E-state index in [1.54, 1.807) is 18.3 Å². The van der Waals surface area contributed by atoms with Crippen LogP contribution in [0.25, 0.3) is 0 Å². The molecule has 0 bridgehead atoms. The predicted molar refractivity (Wildman–Crippen MR) is 88.2 cm³/mol. The largest absolute Gasteiger partial charge is 0.501 e. The normalized spacial score (nSPS) is 47.5. The Morgan fingerprint density at radius 2 is 2.09 bits per heavy atom. The monoisotopic (exact) mass is 302 g/mol. The maximum Gasteiger partial charge on any atom is 0.0959 e. The molecule has 0 radical (unpaired) electrons. The van der Waals surface area contributed by atoms with E-state index in [-0.39, 0.29) is 11.5 Å². The molecule has 4 aliphatic rings. The summed E-state index contributed by atoms with van der Waals surface area (Å²) in [5.41, 5.74) is 3.61. The van der Waals surface area contributed by atoms with Crippen molar-refractivity contribution in [3.05, 3.63) is 23.0 Å². The first-order valence-corrected chi connectivity index (χ1v) is 9.16. The van der Waals surface area contributed by atoms with Crippen LogP contribution in [0.5, 0.6) is 0 Å². The van der Waals surface area contributed by atoms with Crippen LogP contribution in [0, 0.1) is 29.1 Å². The summed E-state index contributed by atoms with van der Waals surface area (Å²) in [7, 11) is 1.80. The molecule has 0 amide bonds. The molecule has 6 atom stereocenters. The zero-order valence-electron chi connectivity index (χ0n) is 14.3. The summed E-state index contributed by atoms with van der Waals surface area (Å²) in [4.78, 5) is 0. The Kier molecular flexibility index (Phi) is 3.45. The second-order valence-corrected chi connectivity index (χ2v) is 8.49. The van der Waals surface area contributed by atoms with Gasteiger partial charge in [0.05, 0.1) is 19.0 Å². The van der Waals surface area contributed by atoms with Gasteiger partial charge in [-0.3, -0.25) is 0 Å². The molecule has 4 aliphatic carbocycles. The molecular weight excluding hydrogens is 272 g/mol. The van der Waals surface area contributed by atoms with E-state index in [1.165, 1.54) is 31.4 Å². The predicted octanol–water partition coefficient (Wildman–Crippen LogP) is 4.45. The molecule has 4 rings (SSSR count). The molecule has 2 saturated carbocycles. The van der Waals surface area contributed by atoms with Crippen molar-refractivity contribution in [3.63, 3.8) is 0 Å². The average molecular weight is 302 g/mol. The van der Waals surface area contributed by atoms with E-state index in [0.29, 0.717) is 0 Å². The number of aliphatic hydroxyl groups is 1. The van der Waals surface area contributed by atoms with Gasteiger partial charge < -0.3 is 9.84 Å². The maximum atomic E-state index is 10.5. The third-order valence-electron chi connectivity index (χ3n) is 7.61. The smallest absolute Gasteiger partial charge is 0.0959 e. The minimum Gasteiger partial charge on any atom is -0.501 e. The van der Waals surface area contributed by atoms with Gasteiger partial charge in [-0.1, -0.05) is 25.0 Å². The first-order chi connectivity index (χ1) is 10.5. The van der Waals surface area contributed by atoms with Crippen molar-refractivity contribution in [2.24, 2.45) is 29.1 Å². The first-order valence-electron chi connectivity index (χ1n) is 9.16. The fraction of sp³-hybridized carbons (Fsp3) is 0.800. The molecule has 0 aliphatic heterocycles. The van der Waals surface area contributed by atoms with Crippen molar-refractivity contribution in [2.45, 2.75) is 64.9 Å². The van der Waals surface area contributed by atoms with Gasteiger partial charge in [0.1, 0.15) is 0 Å². The van der Waals surface area contributed by atoms with Crippen LogP contribution in [-0.4, -0.2) is 18.3 Å². The summed E-state index contributed by atoms with van der Waals surface area (Å²) in [6, 6.07) is 0. The molecule has 2 fully saturated rings.